The van der Waals surface area contributed by atoms with E-state index in [0.29, 0.717) is 18.7 Å². The quantitative estimate of drug-likeness (QED) is 0.904. The van der Waals surface area contributed by atoms with E-state index in [2.05, 4.69) is 5.32 Å². The van der Waals surface area contributed by atoms with Gasteiger partial charge in [-0.3, -0.25) is 9.59 Å². The van der Waals surface area contributed by atoms with Crippen molar-refractivity contribution in [3.63, 3.8) is 0 Å². The first-order valence-corrected chi connectivity index (χ1v) is 7.66. The zero-order valence-electron chi connectivity index (χ0n) is 13.6. The molecule has 2 heterocycles. The van der Waals surface area contributed by atoms with Crippen molar-refractivity contribution in [3.8, 4) is 0 Å². The van der Waals surface area contributed by atoms with Crippen LogP contribution in [0.3, 0.4) is 0 Å². The summed E-state index contributed by atoms with van der Waals surface area (Å²) in [5.41, 5.74) is 0.662. The zero-order valence-corrected chi connectivity index (χ0v) is 13.6. The molecule has 0 bridgehead atoms. The molecule has 1 atom stereocenters. The van der Waals surface area contributed by atoms with Crippen molar-refractivity contribution in [1.82, 2.24) is 14.8 Å². The van der Waals surface area contributed by atoms with Crippen molar-refractivity contribution in [1.29, 1.82) is 0 Å². The summed E-state index contributed by atoms with van der Waals surface area (Å²) < 4.78 is 7.56. The van der Waals surface area contributed by atoms with Gasteiger partial charge in [0, 0.05) is 37.7 Å². The van der Waals surface area contributed by atoms with E-state index in [-0.39, 0.29) is 18.4 Å². The van der Waals surface area contributed by atoms with E-state index < -0.39 is 5.60 Å². The molecule has 6 nitrogen and oxygen atoms in total. The Hall–Kier alpha value is -2.34. The van der Waals surface area contributed by atoms with Gasteiger partial charge in [-0.15, -0.1) is 0 Å². The van der Waals surface area contributed by atoms with Crippen molar-refractivity contribution in [2.24, 2.45) is 7.05 Å². The fourth-order valence-corrected chi connectivity index (χ4v) is 3.13. The largest absolute Gasteiger partial charge is 0.362 e. The van der Waals surface area contributed by atoms with Gasteiger partial charge < -0.3 is 19.5 Å². The lowest BCUT2D eigenvalue weighted by atomic mass is 10.0. The number of aromatic nitrogens is 1. The topological polar surface area (TPSA) is 63.6 Å². The van der Waals surface area contributed by atoms with Crippen molar-refractivity contribution < 1.29 is 14.3 Å². The van der Waals surface area contributed by atoms with Gasteiger partial charge in [0.15, 0.2) is 5.60 Å². The number of carbonyl (C=O) groups is 2. The number of hydrogen-bond donors (Lipinski definition) is 1. The molecule has 23 heavy (non-hydrogen) atoms. The first kappa shape index (κ1) is 15.6. The van der Waals surface area contributed by atoms with Crippen LogP contribution in [-0.4, -0.2) is 53.6 Å². The second-order valence-corrected chi connectivity index (χ2v) is 6.06. The second kappa shape index (κ2) is 5.70. The summed E-state index contributed by atoms with van der Waals surface area (Å²) in [6, 6.07) is 7.81. The molecular formula is C17H21N3O3. The maximum absolute atomic E-state index is 13.0. The predicted molar refractivity (Wildman–Crippen MR) is 87.2 cm³/mol. The van der Waals surface area contributed by atoms with Crippen LogP contribution in [0.4, 0.5) is 0 Å². The highest BCUT2D eigenvalue weighted by Gasteiger charge is 2.40. The van der Waals surface area contributed by atoms with Gasteiger partial charge >= 0.3 is 0 Å². The number of amides is 2. The van der Waals surface area contributed by atoms with Crippen molar-refractivity contribution in [3.05, 3.63) is 36.0 Å². The predicted octanol–water partition coefficient (Wildman–Crippen LogP) is 1.16. The maximum atomic E-state index is 13.0. The van der Waals surface area contributed by atoms with E-state index >= 15 is 0 Å². The molecule has 1 aliphatic rings. The minimum Gasteiger partial charge on any atom is -0.362 e. The molecule has 3 rings (SSSR count). The molecule has 122 valence electrons. The molecule has 1 aromatic heterocycles. The third kappa shape index (κ3) is 2.59. The van der Waals surface area contributed by atoms with Crippen LogP contribution in [0.2, 0.25) is 0 Å². The Bertz CT molecular complexity index is 768. The van der Waals surface area contributed by atoms with Gasteiger partial charge in [0.2, 0.25) is 0 Å². The lowest BCUT2D eigenvalue weighted by Crippen LogP contribution is -2.58. The number of benzene rings is 1. The minimum atomic E-state index is -1.01. The number of hydrogen-bond acceptors (Lipinski definition) is 3. The number of nitrogens with one attached hydrogen (secondary N) is 1. The molecular weight excluding hydrogens is 294 g/mol. The van der Waals surface area contributed by atoms with Gasteiger partial charge in [-0.05, 0) is 13.0 Å². The monoisotopic (exact) mass is 315 g/mol. The number of fused-ring (bicyclic) bond motifs is 1. The number of likely N-dealkylation sites (N-methyl/N-ethyl adjacent to an activating group) is 1. The van der Waals surface area contributed by atoms with Gasteiger partial charge in [0.1, 0.15) is 0 Å². The first-order chi connectivity index (χ1) is 11.0. The Balaban J connectivity index is 1.92. The molecule has 0 aliphatic carbocycles. The molecule has 6 heteroatoms. The van der Waals surface area contributed by atoms with Crippen molar-refractivity contribution >= 4 is 22.7 Å². The standard InChI is InChI=1S/C17H21N3O3/c1-17(16(22)18-2)11-20(8-9-23-17)15(21)13-10-19(3)14-7-5-4-6-12(13)14/h4-7,10H,8-9,11H2,1-3H3,(H,18,22)/t17-/m0/s1. The molecule has 0 unspecified atom stereocenters. The highest BCUT2D eigenvalue weighted by Crippen LogP contribution is 2.24. The van der Waals surface area contributed by atoms with Crippen molar-refractivity contribution in [2.45, 2.75) is 12.5 Å². The highest BCUT2D eigenvalue weighted by molar-refractivity contribution is 6.07. The van der Waals surface area contributed by atoms with Gasteiger partial charge in [0.05, 0.1) is 18.7 Å². The highest BCUT2D eigenvalue weighted by atomic mass is 16.5. The number of para-hydroxylation sites is 1. The van der Waals surface area contributed by atoms with Crippen LogP contribution in [0.15, 0.2) is 30.5 Å². The third-order valence-electron chi connectivity index (χ3n) is 4.40. The molecule has 0 radical (unpaired) electrons. The molecule has 2 amide bonds. The van der Waals surface area contributed by atoms with E-state index in [1.54, 1.807) is 18.9 Å². The molecule has 0 spiro atoms. The average molecular weight is 315 g/mol. The van der Waals surface area contributed by atoms with Crippen LogP contribution in [0, 0.1) is 0 Å². The molecule has 0 saturated carbocycles. The molecule has 1 aliphatic heterocycles. The Morgan fingerprint density at radius 2 is 2.04 bits per heavy atom. The van der Waals surface area contributed by atoms with E-state index in [4.69, 9.17) is 4.74 Å². The zero-order chi connectivity index (χ0) is 16.6. The third-order valence-corrected chi connectivity index (χ3v) is 4.40. The van der Waals surface area contributed by atoms with Gasteiger partial charge in [-0.2, -0.15) is 0 Å². The summed E-state index contributed by atoms with van der Waals surface area (Å²) in [5.74, 6) is -0.284. The fraction of sp³-hybridized carbons (Fsp3) is 0.412. The lowest BCUT2D eigenvalue weighted by molar-refractivity contribution is -0.153. The van der Waals surface area contributed by atoms with E-state index in [1.807, 2.05) is 42.1 Å². The van der Waals surface area contributed by atoms with Crippen molar-refractivity contribution in [2.75, 3.05) is 26.7 Å². The normalized spacial score (nSPS) is 21.4. The number of ether oxygens (including phenoxy) is 1. The minimum absolute atomic E-state index is 0.0692. The maximum Gasteiger partial charge on any atom is 0.256 e. The first-order valence-electron chi connectivity index (χ1n) is 7.66. The Kier molecular flexibility index (Phi) is 3.85. The Labute approximate surface area is 135 Å². The van der Waals surface area contributed by atoms with E-state index in [9.17, 15) is 9.59 Å². The Morgan fingerprint density at radius 3 is 2.78 bits per heavy atom. The molecule has 2 aromatic rings. The second-order valence-electron chi connectivity index (χ2n) is 6.06. The number of morpholine rings is 1. The van der Waals surface area contributed by atoms with Crippen LogP contribution >= 0.6 is 0 Å². The SMILES string of the molecule is CNC(=O)[C@]1(C)CN(C(=O)c2cn(C)c3ccccc23)CCO1. The van der Waals surface area contributed by atoms with Crippen LogP contribution in [-0.2, 0) is 16.6 Å². The lowest BCUT2D eigenvalue weighted by Gasteiger charge is -2.39. The number of nitrogens with zero attached hydrogens (tertiary/aromatic N) is 2. The summed E-state index contributed by atoms with van der Waals surface area (Å²) in [6.07, 6.45) is 1.85. The molecule has 1 saturated heterocycles. The Morgan fingerprint density at radius 1 is 1.30 bits per heavy atom. The number of carbonyl (C=O) groups excluding carboxylic acids is 2. The summed E-state index contributed by atoms with van der Waals surface area (Å²) in [4.78, 5) is 26.7. The van der Waals surface area contributed by atoms with Crippen LogP contribution < -0.4 is 5.32 Å². The fourth-order valence-electron chi connectivity index (χ4n) is 3.13. The van der Waals surface area contributed by atoms with Crippen LogP contribution in [0.1, 0.15) is 17.3 Å². The van der Waals surface area contributed by atoms with Crippen LogP contribution in [0.5, 0.6) is 0 Å². The average Bonchev–Trinajstić information content (AvgIpc) is 2.91. The molecule has 1 aromatic carbocycles. The summed E-state index contributed by atoms with van der Waals surface area (Å²) in [5, 5.41) is 3.53. The molecule has 1 fully saturated rings. The van der Waals surface area contributed by atoms with Crippen LogP contribution in [0.25, 0.3) is 10.9 Å². The summed E-state index contributed by atoms with van der Waals surface area (Å²) in [6.45, 7) is 2.79. The van der Waals surface area contributed by atoms with E-state index in [1.165, 1.54) is 0 Å². The van der Waals surface area contributed by atoms with Gasteiger partial charge in [0.25, 0.3) is 11.8 Å². The van der Waals surface area contributed by atoms with Gasteiger partial charge in [-0.1, -0.05) is 18.2 Å². The smallest absolute Gasteiger partial charge is 0.256 e. The summed E-state index contributed by atoms with van der Waals surface area (Å²) in [7, 11) is 3.50. The van der Waals surface area contributed by atoms with Gasteiger partial charge in [-0.25, -0.2) is 0 Å². The number of aryl methyl sites for hydroxylation is 1. The number of rotatable bonds is 2. The van der Waals surface area contributed by atoms with E-state index in [0.717, 1.165) is 10.9 Å². The molecule has 1 N–H and O–H groups in total. The summed E-state index contributed by atoms with van der Waals surface area (Å²) >= 11 is 0.